The van der Waals surface area contributed by atoms with Crippen LogP contribution in [0.4, 0.5) is 5.95 Å². The molecule has 5 rings (SSSR count). The van der Waals surface area contributed by atoms with Gasteiger partial charge in [-0.1, -0.05) is 13.0 Å². The first kappa shape index (κ1) is 70.7. The zero-order chi connectivity index (χ0) is 63.3. The van der Waals surface area contributed by atoms with E-state index < -0.39 is 51.9 Å². The third-order valence-electron chi connectivity index (χ3n) is 13.9. The van der Waals surface area contributed by atoms with Gasteiger partial charge in [-0.3, -0.25) is 53.2 Å². The van der Waals surface area contributed by atoms with Crippen LogP contribution >= 0.6 is 0 Å². The summed E-state index contributed by atoms with van der Waals surface area (Å²) in [7, 11) is 9.38. The van der Waals surface area contributed by atoms with Gasteiger partial charge in [0, 0.05) is 143 Å². The summed E-state index contributed by atoms with van der Waals surface area (Å²) in [6.07, 6.45) is 6.70. The standard InChI is InChI=1S/C58H85N13O15S/c1-7-47(65-51(73)39-70-22-20-67(4)18-19-68(5)21-23-71(25-24-70)40-52(74)75)56(78)60-15-10-27-84-30-32-85-31-29-83-26-9-14-59-50(72)11-8-28-86-44-33-41(2)54(42(3)34-44)87(81,82)66-48(57(79)80)37-63-55(77)46-38-69(6)49-35-43(12-13-45(49)53(46)76)36-64-58-61-16-17-62-58/h4-5,12-13,16-17,33-35,38,47-48,66H,7-11,14-15,18-32,36-37,39-40H2,1-3,6H3,(H,59,72)(H,60,78)(H,63,77)(H,65,73)(H,74,75)(H,79,80)(H2,61,62,64). The summed E-state index contributed by atoms with van der Waals surface area (Å²) in [6.45, 7) is 11.3. The minimum atomic E-state index is -4.46. The van der Waals surface area contributed by atoms with Crippen LogP contribution in [-0.2, 0) is 61.8 Å². The Balaban J connectivity index is 0.882. The van der Waals surface area contributed by atoms with Crippen molar-refractivity contribution < 1.29 is 66.3 Å². The van der Waals surface area contributed by atoms with Crippen molar-refractivity contribution in [2.24, 2.45) is 7.05 Å². The summed E-state index contributed by atoms with van der Waals surface area (Å²) in [5, 5.41) is 33.6. The van der Waals surface area contributed by atoms with Gasteiger partial charge in [0.25, 0.3) is 5.91 Å². The number of carbonyl (C=O) groups is 6. The Hall–Kier alpha value is -7.09. The van der Waals surface area contributed by atoms with Gasteiger partial charge in [0.2, 0.25) is 33.2 Å². The summed E-state index contributed by atoms with van der Waals surface area (Å²) in [6, 6.07) is 5.60. The lowest BCUT2D eigenvalue weighted by atomic mass is 10.1. The van der Waals surface area contributed by atoms with E-state index >= 15 is 0 Å². The highest BCUT2D eigenvalue weighted by Gasteiger charge is 2.30. The molecule has 9 N–H and O–H groups in total. The van der Waals surface area contributed by atoms with Crippen LogP contribution in [0, 0.1) is 27.9 Å². The maximum Gasteiger partial charge on any atom is 0.323 e. The number of amides is 4. The molecule has 2 aromatic heterocycles. The number of carboxylic acid groups (broad SMARTS) is 2. The number of carbonyl (C=O) groups excluding carboxylic acids is 4. The van der Waals surface area contributed by atoms with Crippen LogP contribution in [0.25, 0.3) is 10.9 Å². The number of hydrogen-bond acceptors (Lipinski definition) is 19. The van der Waals surface area contributed by atoms with Gasteiger partial charge in [-0.2, -0.15) is 4.72 Å². The predicted octanol–water partition coefficient (Wildman–Crippen LogP) is 0.412. The highest BCUT2D eigenvalue weighted by atomic mass is 32.2. The lowest BCUT2D eigenvalue weighted by Gasteiger charge is -2.31. The zero-order valence-corrected chi connectivity index (χ0v) is 50.9. The van der Waals surface area contributed by atoms with Gasteiger partial charge < -0.3 is 65.3 Å². The molecule has 1 aliphatic rings. The lowest BCUT2D eigenvalue weighted by Crippen LogP contribution is -2.51. The van der Waals surface area contributed by atoms with Gasteiger partial charge >= 0.3 is 11.9 Å². The first-order chi connectivity index (χ1) is 41.6. The first-order valence-electron chi connectivity index (χ1n) is 29.0. The van der Waals surface area contributed by atoms with Crippen molar-refractivity contribution in [3.63, 3.8) is 0 Å². The van der Waals surface area contributed by atoms with E-state index in [-0.39, 0.29) is 70.8 Å². The molecule has 1 fully saturated rings. The van der Waals surface area contributed by atoms with Crippen molar-refractivity contribution in [3.8, 4) is 5.75 Å². The second-order valence-electron chi connectivity index (χ2n) is 20.9. The molecule has 29 heteroatoms. The normalized spacial score (nSPS) is 15.0. The number of H-pyrrole nitrogens is 1. The van der Waals surface area contributed by atoms with Gasteiger partial charge in [0.15, 0.2) is 5.95 Å². The summed E-state index contributed by atoms with van der Waals surface area (Å²) < 4.78 is 53.6. The van der Waals surface area contributed by atoms with Gasteiger partial charge in [-0.05, 0) is 80.5 Å². The smallest absolute Gasteiger partial charge is 0.323 e. The summed E-state index contributed by atoms with van der Waals surface area (Å²) >= 11 is 0. The Labute approximate surface area is 508 Å². The Morgan fingerprint density at radius 3 is 1.94 bits per heavy atom. The van der Waals surface area contributed by atoms with Crippen molar-refractivity contribution in [1.29, 1.82) is 0 Å². The van der Waals surface area contributed by atoms with Gasteiger partial charge in [0.1, 0.15) is 23.4 Å². The number of carboxylic acids is 2. The third-order valence-corrected chi connectivity index (χ3v) is 15.7. The van der Waals surface area contributed by atoms with Crippen molar-refractivity contribution >= 4 is 62.4 Å². The Morgan fingerprint density at radius 1 is 0.747 bits per heavy atom. The third kappa shape index (κ3) is 24.9. The average molecular weight is 1240 g/mol. The molecule has 4 aromatic rings. The number of nitrogens with zero attached hydrogens (tertiary/aromatic N) is 6. The Bertz CT molecular complexity index is 3020. The molecule has 0 aliphatic carbocycles. The SMILES string of the molecule is [CH]N1CCN([CH])CCN(CC(=O)NC(CC)C(=O)NCCCOCCOCCOCCCNC(=O)CCCOc2cc(C)c(S(=O)(=O)NC(CNC(=O)c3cn(C)c4cc(CNc5ncc[nH]5)ccc4c3=O)C(=O)O)c(C)c2)CCN(CC(=O)O)CC1. The molecular formula is C58H85N13O15S. The topological polar surface area (TPSA) is 350 Å². The van der Waals surface area contributed by atoms with E-state index in [1.165, 1.54) is 32.2 Å². The first-order valence-corrected chi connectivity index (χ1v) is 30.5. The number of aromatic amines is 1. The second-order valence-corrected chi connectivity index (χ2v) is 22.6. The maximum atomic E-state index is 13.6. The number of hydrogen-bond donors (Lipinski definition) is 9. The van der Waals surface area contributed by atoms with Crippen LogP contribution < -0.4 is 41.5 Å². The molecule has 4 radical (unpaired) electrons. The van der Waals surface area contributed by atoms with Gasteiger partial charge in [-0.25, -0.2) is 13.4 Å². The summed E-state index contributed by atoms with van der Waals surface area (Å²) in [5.41, 5.74) is 1.11. The minimum absolute atomic E-state index is 0.0177. The number of aryl methyl sites for hydroxylation is 3. The molecule has 1 saturated heterocycles. The predicted molar refractivity (Wildman–Crippen MR) is 322 cm³/mol. The van der Waals surface area contributed by atoms with E-state index in [2.05, 4.69) is 41.3 Å². The number of rotatable bonds is 36. The monoisotopic (exact) mass is 1240 g/mol. The number of imidazole rings is 1. The number of fused-ring (bicyclic) bond motifs is 1. The van der Waals surface area contributed by atoms with Crippen LogP contribution in [0.1, 0.15) is 66.1 Å². The number of ether oxygens (including phenoxy) is 4. The lowest BCUT2D eigenvalue weighted by molar-refractivity contribution is -0.139. The molecule has 0 bridgehead atoms. The van der Waals surface area contributed by atoms with Crippen LogP contribution in [0.15, 0.2) is 58.6 Å². The van der Waals surface area contributed by atoms with Gasteiger partial charge in [-0.15, -0.1) is 0 Å². The molecule has 3 heterocycles. The van der Waals surface area contributed by atoms with Crippen LogP contribution in [0.2, 0.25) is 0 Å². The molecule has 0 saturated carbocycles. The number of benzene rings is 2. The van der Waals surface area contributed by atoms with Crippen LogP contribution in [-0.4, -0.2) is 232 Å². The summed E-state index contributed by atoms with van der Waals surface area (Å²) in [4.78, 5) is 103. The largest absolute Gasteiger partial charge is 0.494 e. The van der Waals surface area contributed by atoms with Crippen LogP contribution in [0.3, 0.4) is 0 Å². The fourth-order valence-corrected chi connectivity index (χ4v) is 10.9. The molecule has 28 nitrogen and oxygen atoms in total. The molecule has 2 unspecified atom stereocenters. The molecule has 478 valence electrons. The zero-order valence-electron chi connectivity index (χ0n) is 50.1. The number of pyridine rings is 1. The quantitative estimate of drug-likeness (QED) is 0.0279. The molecule has 1 aliphatic heterocycles. The molecule has 4 amide bonds. The van der Waals surface area contributed by atoms with Crippen molar-refractivity contribution in [2.45, 2.75) is 76.4 Å². The fraction of sp³-hybridized carbons (Fsp3) is 0.552. The highest BCUT2D eigenvalue weighted by Crippen LogP contribution is 2.26. The second kappa shape index (κ2) is 36.9. The molecule has 0 spiro atoms. The Morgan fingerprint density at radius 2 is 1.34 bits per heavy atom. The van der Waals surface area contributed by atoms with Crippen molar-refractivity contribution in [2.75, 3.05) is 137 Å². The molecule has 2 aromatic carbocycles. The van der Waals surface area contributed by atoms with E-state index in [1.54, 1.807) is 56.9 Å². The number of aromatic nitrogens is 3. The molecule has 2 atom stereocenters. The van der Waals surface area contributed by atoms with Crippen LogP contribution in [0.5, 0.6) is 5.75 Å². The number of anilines is 1. The van der Waals surface area contributed by atoms with E-state index in [0.29, 0.717) is 155 Å². The number of sulfonamides is 1. The van der Waals surface area contributed by atoms with Gasteiger partial charge in [0.05, 0.1) is 56.5 Å². The Kier molecular flexibility index (Phi) is 30.0. The molecular weight excluding hydrogens is 1150 g/mol. The average Bonchev–Trinajstić information content (AvgIpc) is 1.37. The number of nitrogens with one attached hydrogen (secondary N) is 7. The van der Waals surface area contributed by atoms with Crippen molar-refractivity contribution in [1.82, 2.24) is 60.1 Å². The minimum Gasteiger partial charge on any atom is -0.494 e. The van der Waals surface area contributed by atoms with E-state index in [0.717, 1.165) is 5.56 Å². The number of aliphatic carboxylic acids is 2. The maximum absolute atomic E-state index is 13.6. The van der Waals surface area contributed by atoms with E-state index in [1.807, 2.05) is 11.8 Å². The molecule has 87 heavy (non-hydrogen) atoms. The highest BCUT2D eigenvalue weighted by molar-refractivity contribution is 7.89. The van der Waals surface area contributed by atoms with E-state index in [9.17, 15) is 52.2 Å². The van der Waals surface area contributed by atoms with E-state index in [4.69, 9.17) is 33.0 Å². The fourth-order valence-electron chi connectivity index (χ4n) is 9.28. The summed E-state index contributed by atoms with van der Waals surface area (Å²) in [5.74, 6) is -3.26. The van der Waals surface area contributed by atoms with Crippen molar-refractivity contribution in [3.05, 3.63) is 95.5 Å².